The third kappa shape index (κ3) is 2.93. The number of carbonyl (C=O) groups excluding carboxylic acids is 2. The van der Waals surface area contributed by atoms with Gasteiger partial charge in [-0.05, 0) is 24.8 Å². The SMILES string of the molecule is CC(C)CC(=O)N1CCC2(CC1)NC(=O)[C@@H]1CN(c3ncccn3)C[C@H]12. The van der Waals surface area contributed by atoms with E-state index >= 15 is 0 Å². The summed E-state index contributed by atoms with van der Waals surface area (Å²) >= 11 is 0. The summed E-state index contributed by atoms with van der Waals surface area (Å²) in [5.41, 5.74) is -0.181. The number of nitrogens with one attached hydrogen (secondary N) is 1. The molecule has 1 spiro atoms. The van der Waals surface area contributed by atoms with E-state index in [9.17, 15) is 9.59 Å². The van der Waals surface area contributed by atoms with Crippen LogP contribution in [0.4, 0.5) is 5.95 Å². The van der Waals surface area contributed by atoms with Crippen molar-refractivity contribution >= 4 is 17.8 Å². The second-order valence-electron chi connectivity index (χ2n) is 8.29. The van der Waals surface area contributed by atoms with Crippen LogP contribution in [0.15, 0.2) is 18.5 Å². The Balaban J connectivity index is 1.45. The molecule has 7 heteroatoms. The van der Waals surface area contributed by atoms with Crippen LogP contribution in [0, 0.1) is 17.8 Å². The van der Waals surface area contributed by atoms with E-state index in [2.05, 4.69) is 34.0 Å². The van der Waals surface area contributed by atoms with E-state index in [1.807, 2.05) is 4.90 Å². The summed E-state index contributed by atoms with van der Waals surface area (Å²) in [6, 6.07) is 1.80. The molecule has 3 aliphatic heterocycles. The van der Waals surface area contributed by atoms with Crippen molar-refractivity contribution < 1.29 is 9.59 Å². The summed E-state index contributed by atoms with van der Waals surface area (Å²) in [4.78, 5) is 37.7. The first-order valence-electron chi connectivity index (χ1n) is 9.60. The minimum absolute atomic E-state index is 0.00304. The van der Waals surface area contributed by atoms with Gasteiger partial charge < -0.3 is 15.1 Å². The van der Waals surface area contributed by atoms with Crippen molar-refractivity contribution in [1.82, 2.24) is 20.2 Å². The Morgan fingerprint density at radius 2 is 1.96 bits per heavy atom. The molecule has 0 unspecified atom stereocenters. The molecule has 7 nitrogen and oxygen atoms in total. The highest BCUT2D eigenvalue weighted by Gasteiger charge is 2.57. The molecular formula is C19H27N5O2. The van der Waals surface area contributed by atoms with Crippen LogP contribution in [0.5, 0.6) is 0 Å². The van der Waals surface area contributed by atoms with Gasteiger partial charge in [0.15, 0.2) is 0 Å². The van der Waals surface area contributed by atoms with Crippen molar-refractivity contribution in [3.8, 4) is 0 Å². The van der Waals surface area contributed by atoms with Gasteiger partial charge in [0.2, 0.25) is 17.8 Å². The highest BCUT2D eigenvalue weighted by atomic mass is 16.2. The van der Waals surface area contributed by atoms with Gasteiger partial charge in [-0.2, -0.15) is 0 Å². The first kappa shape index (κ1) is 17.2. The minimum Gasteiger partial charge on any atom is -0.350 e. The summed E-state index contributed by atoms with van der Waals surface area (Å²) in [5, 5.41) is 3.30. The van der Waals surface area contributed by atoms with Gasteiger partial charge in [0.25, 0.3) is 0 Å². The van der Waals surface area contributed by atoms with E-state index in [1.54, 1.807) is 18.5 Å². The molecule has 0 aromatic carbocycles. The van der Waals surface area contributed by atoms with Gasteiger partial charge in [0.1, 0.15) is 0 Å². The normalized spacial score (nSPS) is 27.1. The van der Waals surface area contributed by atoms with Crippen LogP contribution in [0.3, 0.4) is 0 Å². The fraction of sp³-hybridized carbons (Fsp3) is 0.684. The van der Waals surface area contributed by atoms with Crippen LogP contribution in [-0.2, 0) is 9.59 Å². The van der Waals surface area contributed by atoms with E-state index in [0.717, 1.165) is 32.5 Å². The third-order valence-corrected chi connectivity index (χ3v) is 6.16. The molecule has 4 rings (SSSR count). The smallest absolute Gasteiger partial charge is 0.225 e. The molecule has 3 fully saturated rings. The number of hydrogen-bond acceptors (Lipinski definition) is 5. The predicted octanol–water partition coefficient (Wildman–Crippen LogP) is 1.07. The Hall–Kier alpha value is -2.18. The molecule has 1 aromatic heterocycles. The zero-order chi connectivity index (χ0) is 18.3. The summed E-state index contributed by atoms with van der Waals surface area (Å²) in [6.45, 7) is 7.09. The number of likely N-dealkylation sites (tertiary alicyclic amines) is 1. The first-order valence-corrected chi connectivity index (χ1v) is 9.60. The molecule has 3 aliphatic rings. The van der Waals surface area contributed by atoms with E-state index in [-0.39, 0.29) is 29.2 Å². The van der Waals surface area contributed by atoms with E-state index < -0.39 is 0 Å². The van der Waals surface area contributed by atoms with Crippen LogP contribution in [0.25, 0.3) is 0 Å². The first-order chi connectivity index (χ1) is 12.5. The molecule has 0 aliphatic carbocycles. The number of aromatic nitrogens is 2. The number of anilines is 1. The Morgan fingerprint density at radius 3 is 2.62 bits per heavy atom. The fourth-order valence-corrected chi connectivity index (χ4v) is 4.81. The standard InChI is InChI=1S/C19H27N5O2/c1-13(2)10-16(25)23-8-4-19(5-9-23)15-12-24(11-14(15)17(26)22-19)18-20-6-3-7-21-18/h3,6-7,13-15H,4-5,8-12H2,1-2H3,(H,22,26)/t14-,15-/m1/s1. The molecule has 2 amide bonds. The van der Waals surface area contributed by atoms with Gasteiger partial charge in [0, 0.05) is 56.5 Å². The number of carbonyl (C=O) groups is 2. The molecule has 26 heavy (non-hydrogen) atoms. The molecule has 0 radical (unpaired) electrons. The predicted molar refractivity (Wildman–Crippen MR) is 97.4 cm³/mol. The summed E-state index contributed by atoms with van der Waals surface area (Å²) < 4.78 is 0. The molecule has 140 valence electrons. The lowest BCUT2D eigenvalue weighted by Gasteiger charge is -2.43. The Bertz CT molecular complexity index is 684. The van der Waals surface area contributed by atoms with Crippen molar-refractivity contribution in [2.45, 2.75) is 38.6 Å². The molecule has 4 heterocycles. The highest BCUT2D eigenvalue weighted by Crippen LogP contribution is 2.44. The zero-order valence-corrected chi connectivity index (χ0v) is 15.5. The molecule has 0 bridgehead atoms. The number of nitrogens with zero attached hydrogens (tertiary/aromatic N) is 4. The lowest BCUT2D eigenvalue weighted by atomic mass is 9.75. The van der Waals surface area contributed by atoms with Gasteiger partial charge in [-0.25, -0.2) is 9.97 Å². The van der Waals surface area contributed by atoms with Gasteiger partial charge in [-0.3, -0.25) is 9.59 Å². The van der Waals surface area contributed by atoms with Crippen LogP contribution < -0.4 is 10.2 Å². The van der Waals surface area contributed by atoms with Gasteiger partial charge in [-0.1, -0.05) is 13.8 Å². The summed E-state index contributed by atoms with van der Waals surface area (Å²) in [6.07, 6.45) is 5.77. The van der Waals surface area contributed by atoms with Crippen LogP contribution in [-0.4, -0.2) is 58.4 Å². The maximum absolute atomic E-state index is 12.6. The molecule has 1 aromatic rings. The van der Waals surface area contributed by atoms with Gasteiger partial charge >= 0.3 is 0 Å². The lowest BCUT2D eigenvalue weighted by molar-refractivity contribution is -0.133. The molecule has 1 N–H and O–H groups in total. The minimum atomic E-state index is -0.181. The fourth-order valence-electron chi connectivity index (χ4n) is 4.81. The summed E-state index contributed by atoms with van der Waals surface area (Å²) in [7, 11) is 0. The summed E-state index contributed by atoms with van der Waals surface area (Å²) in [5.74, 6) is 1.73. The van der Waals surface area contributed by atoms with Crippen LogP contribution >= 0.6 is 0 Å². The average molecular weight is 357 g/mol. The maximum Gasteiger partial charge on any atom is 0.225 e. The van der Waals surface area contributed by atoms with Crippen LogP contribution in [0.1, 0.15) is 33.1 Å². The Morgan fingerprint density at radius 1 is 1.27 bits per heavy atom. The number of amides is 2. The maximum atomic E-state index is 12.6. The number of rotatable bonds is 3. The lowest BCUT2D eigenvalue weighted by Crippen LogP contribution is -2.56. The van der Waals surface area contributed by atoms with Crippen molar-refractivity contribution in [2.75, 3.05) is 31.1 Å². The number of piperidine rings is 1. The van der Waals surface area contributed by atoms with Gasteiger partial charge in [-0.15, -0.1) is 0 Å². The quantitative estimate of drug-likeness (QED) is 0.875. The highest BCUT2D eigenvalue weighted by molar-refractivity contribution is 5.84. The topological polar surface area (TPSA) is 78.4 Å². The molecule has 3 saturated heterocycles. The number of hydrogen-bond donors (Lipinski definition) is 1. The van der Waals surface area contributed by atoms with Crippen molar-refractivity contribution in [1.29, 1.82) is 0 Å². The molecular weight excluding hydrogens is 330 g/mol. The van der Waals surface area contributed by atoms with Crippen molar-refractivity contribution in [3.05, 3.63) is 18.5 Å². The van der Waals surface area contributed by atoms with Crippen molar-refractivity contribution in [2.24, 2.45) is 17.8 Å². The third-order valence-electron chi connectivity index (χ3n) is 6.16. The van der Waals surface area contributed by atoms with Crippen LogP contribution in [0.2, 0.25) is 0 Å². The zero-order valence-electron chi connectivity index (χ0n) is 15.5. The Kier molecular flexibility index (Phi) is 4.32. The average Bonchev–Trinajstić information content (AvgIpc) is 3.17. The number of fused-ring (bicyclic) bond motifs is 2. The second kappa shape index (κ2) is 6.52. The van der Waals surface area contributed by atoms with Crippen molar-refractivity contribution in [3.63, 3.8) is 0 Å². The van der Waals surface area contributed by atoms with E-state index in [1.165, 1.54) is 0 Å². The van der Waals surface area contributed by atoms with Gasteiger partial charge in [0.05, 0.1) is 5.92 Å². The molecule has 2 atom stereocenters. The largest absolute Gasteiger partial charge is 0.350 e. The Labute approximate surface area is 154 Å². The monoisotopic (exact) mass is 357 g/mol. The molecule has 0 saturated carbocycles. The second-order valence-corrected chi connectivity index (χ2v) is 8.29. The van der Waals surface area contributed by atoms with E-state index in [4.69, 9.17) is 0 Å². The van der Waals surface area contributed by atoms with E-state index in [0.29, 0.717) is 24.8 Å².